The van der Waals surface area contributed by atoms with Crippen LogP contribution in [-0.4, -0.2) is 38.1 Å². The third-order valence-corrected chi connectivity index (χ3v) is 6.39. The summed E-state index contributed by atoms with van der Waals surface area (Å²) in [5.41, 5.74) is 0.225. The van der Waals surface area contributed by atoms with Crippen molar-refractivity contribution in [3.05, 3.63) is 53.1 Å². The number of ether oxygens (including phenoxy) is 1. The number of halogens is 4. The van der Waals surface area contributed by atoms with Crippen LogP contribution in [0, 0.1) is 0 Å². The molecule has 0 unspecified atom stereocenters. The van der Waals surface area contributed by atoms with E-state index in [2.05, 4.69) is 10.1 Å². The Morgan fingerprint density at radius 1 is 1.10 bits per heavy atom. The fourth-order valence-corrected chi connectivity index (χ4v) is 4.45. The van der Waals surface area contributed by atoms with Crippen LogP contribution in [0.5, 0.6) is 5.75 Å². The van der Waals surface area contributed by atoms with Gasteiger partial charge in [-0.1, -0.05) is 25.4 Å². The largest absolute Gasteiger partial charge is 0.573 e. The molecule has 2 rings (SSSR count). The number of sulfonamides is 1. The quantitative estimate of drug-likeness (QED) is 0.673. The first kappa shape index (κ1) is 23.0. The number of nitrogens with one attached hydrogen (secondary N) is 1. The van der Waals surface area contributed by atoms with Crippen molar-refractivity contribution in [2.45, 2.75) is 25.1 Å². The molecule has 0 aliphatic rings. The molecule has 11 heteroatoms. The van der Waals surface area contributed by atoms with Gasteiger partial charge >= 0.3 is 6.36 Å². The van der Waals surface area contributed by atoms with Crippen LogP contribution in [-0.2, 0) is 10.0 Å². The second kappa shape index (κ2) is 9.02. The molecule has 0 aromatic heterocycles. The van der Waals surface area contributed by atoms with E-state index in [-0.39, 0.29) is 34.3 Å². The van der Waals surface area contributed by atoms with Crippen molar-refractivity contribution in [3.63, 3.8) is 0 Å². The van der Waals surface area contributed by atoms with Crippen LogP contribution >= 0.6 is 11.6 Å². The zero-order valence-corrected chi connectivity index (χ0v) is 17.0. The molecule has 0 atom stereocenters. The number of carbonyl (C=O) groups is 1. The average Bonchev–Trinajstić information content (AvgIpc) is 2.63. The number of anilines is 1. The third-order valence-electron chi connectivity index (χ3n) is 3.86. The van der Waals surface area contributed by atoms with Crippen LogP contribution in [0.1, 0.15) is 24.2 Å². The maximum Gasteiger partial charge on any atom is 0.573 e. The summed E-state index contributed by atoms with van der Waals surface area (Å²) in [6, 6.07) is 8.34. The van der Waals surface area contributed by atoms with E-state index in [1.54, 1.807) is 13.8 Å². The molecule has 1 N–H and O–H groups in total. The number of carbonyl (C=O) groups excluding carboxylic acids is 1. The molecule has 0 fully saturated rings. The lowest BCUT2D eigenvalue weighted by Gasteiger charge is -2.19. The van der Waals surface area contributed by atoms with Gasteiger partial charge in [0.25, 0.3) is 5.91 Å². The van der Waals surface area contributed by atoms with Crippen molar-refractivity contribution in [2.24, 2.45) is 0 Å². The van der Waals surface area contributed by atoms with Gasteiger partial charge in [-0.3, -0.25) is 4.79 Å². The Bertz CT molecular complexity index is 976. The highest BCUT2D eigenvalue weighted by Crippen LogP contribution is 2.27. The molecule has 1 amide bonds. The smallest absolute Gasteiger partial charge is 0.406 e. The summed E-state index contributed by atoms with van der Waals surface area (Å²) in [5, 5.41) is 2.45. The second-order valence-corrected chi connectivity index (χ2v) is 8.07. The Morgan fingerprint density at radius 2 is 1.69 bits per heavy atom. The maximum atomic E-state index is 12.7. The first-order valence-corrected chi connectivity index (χ1v) is 10.3. The predicted molar refractivity (Wildman–Crippen MR) is 103 cm³/mol. The van der Waals surface area contributed by atoms with E-state index in [0.717, 1.165) is 18.2 Å². The highest BCUT2D eigenvalue weighted by atomic mass is 35.5. The Balaban J connectivity index is 2.24. The highest BCUT2D eigenvalue weighted by molar-refractivity contribution is 7.89. The monoisotopic (exact) mass is 450 g/mol. The van der Waals surface area contributed by atoms with Crippen molar-refractivity contribution in [3.8, 4) is 5.75 Å². The zero-order chi connectivity index (χ0) is 21.8. The molecule has 158 valence electrons. The van der Waals surface area contributed by atoms with Crippen LogP contribution in [0.15, 0.2) is 47.4 Å². The number of nitrogens with zero attached hydrogens (tertiary/aromatic N) is 1. The minimum atomic E-state index is -4.82. The minimum absolute atomic E-state index is 0.0238. The highest BCUT2D eigenvalue weighted by Gasteiger charge is 2.31. The van der Waals surface area contributed by atoms with E-state index in [4.69, 9.17) is 11.6 Å². The van der Waals surface area contributed by atoms with Gasteiger partial charge < -0.3 is 10.1 Å². The van der Waals surface area contributed by atoms with Gasteiger partial charge in [-0.2, -0.15) is 4.31 Å². The first-order valence-electron chi connectivity index (χ1n) is 8.44. The molecule has 0 saturated carbocycles. The number of benzene rings is 2. The third kappa shape index (κ3) is 5.84. The molecule has 29 heavy (non-hydrogen) atoms. The normalized spacial score (nSPS) is 12.1. The lowest BCUT2D eigenvalue weighted by molar-refractivity contribution is -0.274. The summed E-state index contributed by atoms with van der Waals surface area (Å²) in [6.07, 6.45) is -4.82. The number of hydrogen-bond donors (Lipinski definition) is 1. The van der Waals surface area contributed by atoms with Crippen LogP contribution in [0.25, 0.3) is 0 Å². The van der Waals surface area contributed by atoms with Crippen LogP contribution in [0.2, 0.25) is 5.02 Å². The fraction of sp³-hybridized carbons (Fsp3) is 0.278. The second-order valence-electron chi connectivity index (χ2n) is 5.76. The number of hydrogen-bond acceptors (Lipinski definition) is 4. The van der Waals surface area contributed by atoms with Crippen molar-refractivity contribution >= 4 is 33.2 Å². The molecule has 6 nitrogen and oxygen atoms in total. The molecule has 0 bridgehead atoms. The summed E-state index contributed by atoms with van der Waals surface area (Å²) in [6.45, 7) is 3.82. The van der Waals surface area contributed by atoms with Crippen LogP contribution < -0.4 is 10.1 Å². The van der Waals surface area contributed by atoms with E-state index in [0.29, 0.717) is 0 Å². The van der Waals surface area contributed by atoms with Gasteiger partial charge in [-0.05, 0) is 42.5 Å². The molecule has 2 aromatic rings. The average molecular weight is 451 g/mol. The van der Waals surface area contributed by atoms with E-state index in [1.165, 1.54) is 28.6 Å². The lowest BCUT2D eigenvalue weighted by atomic mass is 10.2. The molecule has 0 saturated heterocycles. The van der Waals surface area contributed by atoms with Gasteiger partial charge in [-0.15, -0.1) is 13.2 Å². The Kier molecular flexibility index (Phi) is 7.15. The summed E-state index contributed by atoms with van der Waals surface area (Å²) in [5.74, 6) is -1.09. The van der Waals surface area contributed by atoms with Crippen molar-refractivity contribution < 1.29 is 31.1 Å². The van der Waals surface area contributed by atoms with Gasteiger partial charge in [-0.25, -0.2) is 8.42 Å². The van der Waals surface area contributed by atoms with E-state index in [9.17, 15) is 26.4 Å². The Hall–Kier alpha value is -2.30. The van der Waals surface area contributed by atoms with Gasteiger partial charge in [0.1, 0.15) is 10.6 Å². The Labute approximate surface area is 171 Å². The standard InChI is InChI=1S/C18H18ClF3N2O4S/c1-3-24(4-2)29(26,27)16-11-12(5-10-15(16)19)17(25)23-13-6-8-14(9-7-13)28-18(20,21)22/h5-11H,3-4H2,1-2H3,(H,23,25). The first-order chi connectivity index (χ1) is 13.5. The fourth-order valence-electron chi connectivity index (χ4n) is 2.49. The van der Waals surface area contributed by atoms with Gasteiger partial charge in [0.15, 0.2) is 0 Å². The Morgan fingerprint density at radius 3 is 2.21 bits per heavy atom. The van der Waals surface area contributed by atoms with Gasteiger partial charge in [0.2, 0.25) is 10.0 Å². The predicted octanol–water partition coefficient (Wildman–Crippen LogP) is 4.52. The van der Waals surface area contributed by atoms with E-state index >= 15 is 0 Å². The summed E-state index contributed by atoms with van der Waals surface area (Å²) >= 11 is 6.03. The zero-order valence-electron chi connectivity index (χ0n) is 15.5. The van der Waals surface area contributed by atoms with E-state index in [1.807, 2.05) is 0 Å². The van der Waals surface area contributed by atoms with Crippen molar-refractivity contribution in [1.29, 1.82) is 0 Å². The molecule has 0 spiro atoms. The summed E-state index contributed by atoms with van der Waals surface area (Å²) in [7, 11) is -3.89. The number of rotatable bonds is 7. The maximum absolute atomic E-state index is 12.7. The topological polar surface area (TPSA) is 75.7 Å². The summed E-state index contributed by atoms with van der Waals surface area (Å²) < 4.78 is 66.9. The molecule has 2 aromatic carbocycles. The molecular weight excluding hydrogens is 433 g/mol. The molecule has 0 aliphatic heterocycles. The molecule has 0 aliphatic carbocycles. The molecular formula is C18H18ClF3N2O4S. The SMILES string of the molecule is CCN(CC)S(=O)(=O)c1cc(C(=O)Nc2ccc(OC(F)(F)F)cc2)ccc1Cl. The molecule has 0 radical (unpaired) electrons. The molecule has 0 heterocycles. The van der Waals surface area contributed by atoms with Crippen LogP contribution in [0.3, 0.4) is 0 Å². The number of amides is 1. The lowest BCUT2D eigenvalue weighted by Crippen LogP contribution is -2.31. The number of alkyl halides is 3. The van der Waals surface area contributed by atoms with Crippen molar-refractivity contribution in [2.75, 3.05) is 18.4 Å². The van der Waals surface area contributed by atoms with E-state index < -0.39 is 28.0 Å². The van der Waals surface area contributed by atoms with Gasteiger partial charge in [0.05, 0.1) is 5.02 Å². The summed E-state index contributed by atoms with van der Waals surface area (Å²) in [4.78, 5) is 12.2. The van der Waals surface area contributed by atoms with Crippen LogP contribution in [0.4, 0.5) is 18.9 Å². The van der Waals surface area contributed by atoms with Gasteiger partial charge in [0, 0.05) is 24.3 Å². The minimum Gasteiger partial charge on any atom is -0.406 e. The van der Waals surface area contributed by atoms with Crippen molar-refractivity contribution in [1.82, 2.24) is 4.31 Å².